The van der Waals surface area contributed by atoms with Gasteiger partial charge in [-0.2, -0.15) is 0 Å². The summed E-state index contributed by atoms with van der Waals surface area (Å²) in [6.45, 7) is 4.79. The van der Waals surface area contributed by atoms with Gasteiger partial charge in [-0.25, -0.2) is 4.79 Å². The van der Waals surface area contributed by atoms with Gasteiger partial charge in [0.15, 0.2) is 0 Å². The van der Waals surface area contributed by atoms with E-state index in [0.717, 1.165) is 36.5 Å². The van der Waals surface area contributed by atoms with E-state index >= 15 is 0 Å². The lowest BCUT2D eigenvalue weighted by atomic mass is 9.86. The number of allylic oxidation sites excluding steroid dienone is 1. The number of carbonyl (C=O) groups is 1. The highest BCUT2D eigenvalue weighted by molar-refractivity contribution is 5.90. The van der Waals surface area contributed by atoms with E-state index in [0.29, 0.717) is 12.4 Å². The number of esters is 1. The second-order valence-electron chi connectivity index (χ2n) is 5.81. The largest absolute Gasteiger partial charge is 0.494 e. The minimum atomic E-state index is -0.210. The zero-order chi connectivity index (χ0) is 15.8. The van der Waals surface area contributed by atoms with Gasteiger partial charge in [0.1, 0.15) is 11.5 Å². The molecule has 0 N–H and O–H groups in total. The number of hydrogen-bond acceptors (Lipinski definition) is 3. The lowest BCUT2D eigenvalue weighted by Crippen LogP contribution is -2.16. The molecule has 0 radical (unpaired) electrons. The predicted molar refractivity (Wildman–Crippen MR) is 88.2 cm³/mol. The van der Waals surface area contributed by atoms with E-state index in [9.17, 15) is 4.79 Å². The van der Waals surface area contributed by atoms with E-state index in [-0.39, 0.29) is 5.97 Å². The fourth-order valence-corrected chi connectivity index (χ4v) is 2.77. The Hall–Kier alpha value is -1.77. The molecule has 1 aromatic rings. The van der Waals surface area contributed by atoms with Crippen molar-refractivity contribution in [2.45, 2.75) is 52.4 Å². The minimum absolute atomic E-state index is 0.210. The number of unbranched alkanes of at least 4 members (excludes halogenated alkanes) is 1. The molecule has 0 fully saturated rings. The number of carbonyl (C=O) groups excluding carboxylic acids is 1. The lowest BCUT2D eigenvalue weighted by molar-refractivity contribution is -0.130. The van der Waals surface area contributed by atoms with Crippen LogP contribution in [-0.2, 0) is 4.79 Å². The second-order valence-corrected chi connectivity index (χ2v) is 5.81. The summed E-state index contributed by atoms with van der Waals surface area (Å²) in [5.41, 5.74) is 0.821. The average Bonchev–Trinajstić information content (AvgIpc) is 2.55. The van der Waals surface area contributed by atoms with E-state index in [2.05, 4.69) is 13.0 Å². The SMILES string of the molecule is CCCCC1CC=C(C(=O)Oc2ccc(OCC)cc2)CC1. The Labute approximate surface area is 133 Å². The first-order valence-corrected chi connectivity index (χ1v) is 8.37. The molecule has 0 bridgehead atoms. The molecular formula is C19H26O3. The summed E-state index contributed by atoms with van der Waals surface area (Å²) in [6, 6.07) is 7.19. The normalized spacial score (nSPS) is 17.7. The van der Waals surface area contributed by atoms with Crippen molar-refractivity contribution >= 4 is 5.97 Å². The summed E-state index contributed by atoms with van der Waals surface area (Å²) in [4.78, 5) is 12.2. The van der Waals surface area contributed by atoms with Gasteiger partial charge in [0, 0.05) is 5.57 Å². The summed E-state index contributed by atoms with van der Waals surface area (Å²) in [5, 5.41) is 0. The van der Waals surface area contributed by atoms with Crippen LogP contribution in [-0.4, -0.2) is 12.6 Å². The van der Waals surface area contributed by atoms with Gasteiger partial charge in [-0.1, -0.05) is 32.3 Å². The van der Waals surface area contributed by atoms with Crippen LogP contribution >= 0.6 is 0 Å². The van der Waals surface area contributed by atoms with Gasteiger partial charge in [0.25, 0.3) is 0 Å². The first kappa shape index (κ1) is 16.6. The van der Waals surface area contributed by atoms with E-state index < -0.39 is 0 Å². The predicted octanol–water partition coefficient (Wildman–Crippen LogP) is 4.91. The Morgan fingerprint density at radius 2 is 1.91 bits per heavy atom. The molecule has 0 amide bonds. The van der Waals surface area contributed by atoms with Gasteiger partial charge in [-0.15, -0.1) is 0 Å². The molecule has 1 aliphatic rings. The highest BCUT2D eigenvalue weighted by Crippen LogP contribution is 2.28. The van der Waals surface area contributed by atoms with E-state index in [1.165, 1.54) is 19.3 Å². The van der Waals surface area contributed by atoms with Crippen molar-refractivity contribution in [2.24, 2.45) is 5.92 Å². The summed E-state index contributed by atoms with van der Waals surface area (Å²) < 4.78 is 10.8. The van der Waals surface area contributed by atoms with Crippen LogP contribution in [0.1, 0.15) is 52.4 Å². The third-order valence-electron chi connectivity index (χ3n) is 4.09. The molecule has 3 heteroatoms. The Bertz CT molecular complexity index is 502. The highest BCUT2D eigenvalue weighted by Gasteiger charge is 2.19. The fourth-order valence-electron chi connectivity index (χ4n) is 2.77. The van der Waals surface area contributed by atoms with Crippen LogP contribution in [0.25, 0.3) is 0 Å². The molecule has 1 atom stereocenters. The Morgan fingerprint density at radius 1 is 1.18 bits per heavy atom. The topological polar surface area (TPSA) is 35.5 Å². The molecule has 2 rings (SSSR count). The van der Waals surface area contributed by atoms with Gasteiger partial charge < -0.3 is 9.47 Å². The number of rotatable bonds is 7. The molecule has 0 saturated carbocycles. The zero-order valence-electron chi connectivity index (χ0n) is 13.6. The monoisotopic (exact) mass is 302 g/mol. The molecule has 1 unspecified atom stereocenters. The van der Waals surface area contributed by atoms with Crippen LogP contribution < -0.4 is 9.47 Å². The van der Waals surface area contributed by atoms with Crippen molar-refractivity contribution in [1.29, 1.82) is 0 Å². The molecule has 0 spiro atoms. The van der Waals surface area contributed by atoms with Crippen molar-refractivity contribution < 1.29 is 14.3 Å². The van der Waals surface area contributed by atoms with Crippen molar-refractivity contribution in [2.75, 3.05) is 6.61 Å². The molecule has 120 valence electrons. The highest BCUT2D eigenvalue weighted by atomic mass is 16.5. The van der Waals surface area contributed by atoms with Gasteiger partial charge >= 0.3 is 5.97 Å². The van der Waals surface area contributed by atoms with Crippen LogP contribution in [0.2, 0.25) is 0 Å². The number of benzene rings is 1. The van der Waals surface area contributed by atoms with Gasteiger partial charge in [0.05, 0.1) is 6.61 Å². The Morgan fingerprint density at radius 3 is 2.50 bits per heavy atom. The molecule has 0 saturated heterocycles. The standard InChI is InChI=1S/C19H26O3/c1-3-5-6-15-7-9-16(10-8-15)19(20)22-18-13-11-17(12-14-18)21-4-2/h9,11-15H,3-8,10H2,1-2H3. The van der Waals surface area contributed by atoms with Crippen LogP contribution in [0, 0.1) is 5.92 Å². The molecule has 3 nitrogen and oxygen atoms in total. The van der Waals surface area contributed by atoms with Crippen LogP contribution in [0.3, 0.4) is 0 Å². The molecular weight excluding hydrogens is 276 g/mol. The van der Waals surface area contributed by atoms with E-state index in [4.69, 9.17) is 9.47 Å². The zero-order valence-corrected chi connectivity index (χ0v) is 13.6. The Kier molecular flexibility index (Phi) is 6.50. The van der Waals surface area contributed by atoms with Gasteiger partial charge in [-0.3, -0.25) is 0 Å². The smallest absolute Gasteiger partial charge is 0.339 e. The first-order chi connectivity index (χ1) is 10.7. The van der Waals surface area contributed by atoms with Crippen LogP contribution in [0.4, 0.5) is 0 Å². The van der Waals surface area contributed by atoms with Crippen molar-refractivity contribution in [3.8, 4) is 11.5 Å². The molecule has 0 heterocycles. The van der Waals surface area contributed by atoms with Crippen molar-refractivity contribution in [3.05, 3.63) is 35.9 Å². The van der Waals surface area contributed by atoms with Crippen molar-refractivity contribution in [1.82, 2.24) is 0 Å². The van der Waals surface area contributed by atoms with Gasteiger partial charge in [-0.05, 0) is 56.4 Å². The van der Waals surface area contributed by atoms with E-state index in [1.54, 1.807) is 12.1 Å². The number of ether oxygens (including phenoxy) is 2. The molecule has 0 aromatic heterocycles. The first-order valence-electron chi connectivity index (χ1n) is 8.37. The van der Waals surface area contributed by atoms with Crippen molar-refractivity contribution in [3.63, 3.8) is 0 Å². The summed E-state index contributed by atoms with van der Waals surface area (Å²) in [5.74, 6) is 1.89. The average molecular weight is 302 g/mol. The quantitative estimate of drug-likeness (QED) is 0.530. The third kappa shape index (κ3) is 4.90. The molecule has 22 heavy (non-hydrogen) atoms. The second kappa shape index (κ2) is 8.62. The minimum Gasteiger partial charge on any atom is -0.494 e. The third-order valence-corrected chi connectivity index (χ3v) is 4.09. The Balaban J connectivity index is 1.85. The molecule has 1 aliphatic carbocycles. The lowest BCUT2D eigenvalue weighted by Gasteiger charge is -2.20. The summed E-state index contributed by atoms with van der Waals surface area (Å²) in [6.07, 6.45) is 8.81. The number of hydrogen-bond donors (Lipinski definition) is 0. The maximum absolute atomic E-state index is 12.2. The molecule has 1 aromatic carbocycles. The van der Waals surface area contributed by atoms with Crippen LogP contribution in [0.5, 0.6) is 11.5 Å². The maximum Gasteiger partial charge on any atom is 0.339 e. The molecule has 0 aliphatic heterocycles. The fraction of sp³-hybridized carbons (Fsp3) is 0.526. The van der Waals surface area contributed by atoms with Crippen LogP contribution in [0.15, 0.2) is 35.9 Å². The summed E-state index contributed by atoms with van der Waals surface area (Å²) >= 11 is 0. The maximum atomic E-state index is 12.2. The summed E-state index contributed by atoms with van der Waals surface area (Å²) in [7, 11) is 0. The van der Waals surface area contributed by atoms with E-state index in [1.807, 2.05) is 19.1 Å². The van der Waals surface area contributed by atoms with Gasteiger partial charge in [0.2, 0.25) is 0 Å².